The Balaban J connectivity index is 2.00. The SMILES string of the molecule is C[C@H](C(=O)O)n1cc(-c2cccc3c2OC(F)(F)O3)cn1. The molecule has 1 aliphatic heterocycles. The molecular formula is C13H10F2N2O4. The van der Waals surface area contributed by atoms with Crippen molar-refractivity contribution in [3.05, 3.63) is 30.6 Å². The van der Waals surface area contributed by atoms with E-state index in [1.165, 1.54) is 36.1 Å². The summed E-state index contributed by atoms with van der Waals surface area (Å²) in [5.41, 5.74) is 0.815. The van der Waals surface area contributed by atoms with Crippen molar-refractivity contribution >= 4 is 5.97 Å². The maximum absolute atomic E-state index is 13.1. The minimum absolute atomic E-state index is 0.0727. The number of ether oxygens (including phenoxy) is 2. The van der Waals surface area contributed by atoms with Gasteiger partial charge in [0.2, 0.25) is 0 Å². The van der Waals surface area contributed by atoms with E-state index >= 15 is 0 Å². The molecule has 2 heterocycles. The lowest BCUT2D eigenvalue weighted by molar-refractivity contribution is -0.286. The number of halogens is 2. The van der Waals surface area contributed by atoms with Gasteiger partial charge in [-0.2, -0.15) is 5.10 Å². The van der Waals surface area contributed by atoms with Crippen LogP contribution in [0.2, 0.25) is 0 Å². The van der Waals surface area contributed by atoms with Crippen molar-refractivity contribution in [2.45, 2.75) is 19.3 Å². The van der Waals surface area contributed by atoms with Crippen molar-refractivity contribution in [2.75, 3.05) is 0 Å². The van der Waals surface area contributed by atoms with Crippen LogP contribution in [0, 0.1) is 0 Å². The van der Waals surface area contributed by atoms with Crippen LogP contribution in [0.1, 0.15) is 13.0 Å². The number of nitrogens with zero attached hydrogens (tertiary/aromatic N) is 2. The highest BCUT2D eigenvalue weighted by atomic mass is 19.3. The fourth-order valence-electron chi connectivity index (χ4n) is 2.00. The minimum Gasteiger partial charge on any atom is -0.480 e. The van der Waals surface area contributed by atoms with E-state index in [4.69, 9.17) is 5.11 Å². The molecule has 0 fully saturated rings. The lowest BCUT2D eigenvalue weighted by Crippen LogP contribution is -2.26. The highest BCUT2D eigenvalue weighted by Crippen LogP contribution is 2.46. The second kappa shape index (κ2) is 4.44. The van der Waals surface area contributed by atoms with E-state index in [1.54, 1.807) is 6.07 Å². The second-order valence-corrected chi connectivity index (χ2v) is 4.52. The number of para-hydroxylation sites is 1. The van der Waals surface area contributed by atoms with E-state index in [0.29, 0.717) is 11.1 Å². The van der Waals surface area contributed by atoms with Gasteiger partial charge in [0.25, 0.3) is 0 Å². The van der Waals surface area contributed by atoms with Crippen LogP contribution < -0.4 is 9.47 Å². The van der Waals surface area contributed by atoms with Gasteiger partial charge in [-0.05, 0) is 13.0 Å². The number of aromatic nitrogens is 2. The number of carboxylic acids is 1. The van der Waals surface area contributed by atoms with Crippen LogP contribution in [-0.4, -0.2) is 27.2 Å². The average molecular weight is 296 g/mol. The lowest BCUT2D eigenvalue weighted by atomic mass is 10.1. The summed E-state index contributed by atoms with van der Waals surface area (Å²) in [4.78, 5) is 10.9. The molecule has 2 aromatic rings. The Morgan fingerprint density at radius 2 is 2.19 bits per heavy atom. The van der Waals surface area contributed by atoms with Crippen molar-refractivity contribution in [1.29, 1.82) is 0 Å². The molecule has 0 aliphatic carbocycles. The van der Waals surface area contributed by atoms with Crippen LogP contribution in [-0.2, 0) is 4.79 Å². The van der Waals surface area contributed by atoms with Gasteiger partial charge in [0.1, 0.15) is 6.04 Å². The van der Waals surface area contributed by atoms with E-state index < -0.39 is 18.3 Å². The second-order valence-electron chi connectivity index (χ2n) is 4.52. The monoisotopic (exact) mass is 296 g/mol. The molecule has 0 saturated carbocycles. The van der Waals surface area contributed by atoms with Gasteiger partial charge in [-0.3, -0.25) is 4.68 Å². The third kappa shape index (κ3) is 2.28. The molecule has 0 amide bonds. The molecule has 6 nitrogen and oxygen atoms in total. The molecule has 1 aliphatic rings. The van der Waals surface area contributed by atoms with Gasteiger partial charge >= 0.3 is 12.3 Å². The van der Waals surface area contributed by atoms with Gasteiger partial charge in [0.15, 0.2) is 11.5 Å². The first-order valence-corrected chi connectivity index (χ1v) is 6.03. The Morgan fingerprint density at radius 3 is 2.90 bits per heavy atom. The predicted molar refractivity (Wildman–Crippen MR) is 66.2 cm³/mol. The van der Waals surface area contributed by atoms with E-state index in [1.807, 2.05) is 0 Å². The number of hydrogen-bond acceptors (Lipinski definition) is 4. The number of alkyl halides is 2. The van der Waals surface area contributed by atoms with Crippen molar-refractivity contribution in [3.63, 3.8) is 0 Å². The third-order valence-electron chi connectivity index (χ3n) is 3.10. The van der Waals surface area contributed by atoms with Crippen molar-refractivity contribution in [2.24, 2.45) is 0 Å². The standard InChI is InChI=1S/C13H10F2N2O4/c1-7(12(18)19)17-6-8(5-16-17)9-3-2-4-10-11(9)21-13(14,15)20-10/h2-7H,1H3,(H,18,19)/t7-/m1/s1. The van der Waals surface area contributed by atoms with Gasteiger partial charge in [-0.15, -0.1) is 8.78 Å². The van der Waals surface area contributed by atoms with E-state index in [0.717, 1.165) is 0 Å². The summed E-state index contributed by atoms with van der Waals surface area (Å²) >= 11 is 0. The predicted octanol–water partition coefficient (Wildman–Crippen LogP) is 2.52. The van der Waals surface area contributed by atoms with Crippen LogP contribution in [0.25, 0.3) is 11.1 Å². The molecule has 0 saturated heterocycles. The molecule has 110 valence electrons. The fourth-order valence-corrected chi connectivity index (χ4v) is 2.00. The third-order valence-corrected chi connectivity index (χ3v) is 3.10. The molecule has 8 heteroatoms. The van der Waals surface area contributed by atoms with Crippen LogP contribution in [0.3, 0.4) is 0 Å². The van der Waals surface area contributed by atoms with Crippen LogP contribution in [0.5, 0.6) is 11.5 Å². The molecule has 1 aromatic heterocycles. The summed E-state index contributed by atoms with van der Waals surface area (Å²) in [5, 5.41) is 12.9. The minimum atomic E-state index is -3.71. The topological polar surface area (TPSA) is 73.6 Å². The molecule has 3 rings (SSSR count). The fraction of sp³-hybridized carbons (Fsp3) is 0.231. The smallest absolute Gasteiger partial charge is 0.480 e. The van der Waals surface area contributed by atoms with E-state index in [9.17, 15) is 13.6 Å². The van der Waals surface area contributed by atoms with Crippen molar-refractivity contribution < 1.29 is 28.2 Å². The highest BCUT2D eigenvalue weighted by molar-refractivity contribution is 5.75. The molecule has 0 spiro atoms. The summed E-state index contributed by atoms with van der Waals surface area (Å²) in [6.07, 6.45) is -0.869. The first-order chi connectivity index (χ1) is 9.87. The molecule has 1 aromatic carbocycles. The number of aliphatic carboxylic acids is 1. The van der Waals surface area contributed by atoms with E-state index in [-0.39, 0.29) is 11.5 Å². The van der Waals surface area contributed by atoms with Gasteiger partial charge < -0.3 is 14.6 Å². The Bertz CT molecular complexity index is 714. The molecule has 21 heavy (non-hydrogen) atoms. The lowest BCUT2D eigenvalue weighted by Gasteiger charge is -2.06. The summed E-state index contributed by atoms with van der Waals surface area (Å²) in [6.45, 7) is 1.46. The first kappa shape index (κ1) is 13.3. The Kier molecular flexibility index (Phi) is 2.82. The zero-order chi connectivity index (χ0) is 15.2. The Labute approximate surface area is 117 Å². The maximum Gasteiger partial charge on any atom is 0.586 e. The zero-order valence-corrected chi connectivity index (χ0v) is 10.8. The molecule has 1 atom stereocenters. The zero-order valence-electron chi connectivity index (χ0n) is 10.8. The van der Waals surface area contributed by atoms with Crippen molar-refractivity contribution in [1.82, 2.24) is 9.78 Å². The first-order valence-electron chi connectivity index (χ1n) is 6.03. The molecule has 0 unspecified atom stereocenters. The summed E-state index contributed by atoms with van der Waals surface area (Å²) in [6, 6.07) is 3.60. The largest absolute Gasteiger partial charge is 0.586 e. The Morgan fingerprint density at radius 1 is 1.43 bits per heavy atom. The average Bonchev–Trinajstić information content (AvgIpc) is 2.99. The van der Waals surface area contributed by atoms with Gasteiger partial charge in [0, 0.05) is 17.3 Å². The van der Waals surface area contributed by atoms with Gasteiger partial charge in [-0.25, -0.2) is 4.79 Å². The van der Waals surface area contributed by atoms with Crippen LogP contribution >= 0.6 is 0 Å². The number of carboxylic acid groups (broad SMARTS) is 1. The highest BCUT2D eigenvalue weighted by Gasteiger charge is 2.44. The summed E-state index contributed by atoms with van der Waals surface area (Å²) in [7, 11) is 0. The van der Waals surface area contributed by atoms with Gasteiger partial charge in [-0.1, -0.05) is 12.1 Å². The molecule has 1 N–H and O–H groups in total. The van der Waals surface area contributed by atoms with Crippen LogP contribution in [0.4, 0.5) is 8.78 Å². The van der Waals surface area contributed by atoms with Crippen molar-refractivity contribution in [3.8, 4) is 22.6 Å². The number of fused-ring (bicyclic) bond motifs is 1. The quantitative estimate of drug-likeness (QED) is 0.942. The normalized spacial score (nSPS) is 16.7. The van der Waals surface area contributed by atoms with E-state index in [2.05, 4.69) is 14.6 Å². The molecular weight excluding hydrogens is 286 g/mol. The van der Waals surface area contributed by atoms with Gasteiger partial charge in [0.05, 0.1) is 6.20 Å². The molecule has 0 bridgehead atoms. The summed E-state index contributed by atoms with van der Waals surface area (Å²) in [5.74, 6) is -1.21. The van der Waals surface area contributed by atoms with Crippen LogP contribution in [0.15, 0.2) is 30.6 Å². The number of benzene rings is 1. The molecule has 0 radical (unpaired) electrons. The number of hydrogen-bond donors (Lipinski definition) is 1. The number of carbonyl (C=O) groups is 1. The maximum atomic E-state index is 13.1. The summed E-state index contributed by atoms with van der Waals surface area (Å²) < 4.78 is 36.3. The number of rotatable bonds is 3. The Hall–Kier alpha value is -2.64.